The molecule has 0 aliphatic carbocycles. The summed E-state index contributed by atoms with van der Waals surface area (Å²) in [7, 11) is 0.752. The number of quaternary nitrogens is 1. The number of nitrogens with two attached hydrogens (primary N) is 1. The molecule has 23 heavy (non-hydrogen) atoms. The van der Waals surface area contributed by atoms with Gasteiger partial charge in [-0.3, -0.25) is 9.62 Å². The number of sulfonamides is 1. The van der Waals surface area contributed by atoms with E-state index < -0.39 is 10.0 Å². The van der Waals surface area contributed by atoms with Crippen LogP contribution in [0.5, 0.6) is 5.75 Å². The number of nitrogens with one attached hydrogen (secondary N) is 1. The predicted molar refractivity (Wildman–Crippen MR) is 92.8 cm³/mol. The molecule has 4 N–H and O–H groups in total. The van der Waals surface area contributed by atoms with Gasteiger partial charge < -0.3 is 15.3 Å². The van der Waals surface area contributed by atoms with Gasteiger partial charge in [-0.05, 0) is 19.2 Å². The van der Waals surface area contributed by atoms with Crippen LogP contribution in [-0.4, -0.2) is 75.5 Å². The Labute approximate surface area is 138 Å². The highest BCUT2D eigenvalue weighted by atomic mass is 32.2. The second-order valence-corrected chi connectivity index (χ2v) is 8.45. The SMILES string of the molecule is CN1CC[N+](C)(CCCS(=O)(=O)Nc2c(N)cccc2O)CC1. The highest BCUT2D eigenvalue weighted by Crippen LogP contribution is 2.30. The van der Waals surface area contributed by atoms with Gasteiger partial charge in [0.15, 0.2) is 0 Å². The number of hydrogen-bond acceptors (Lipinski definition) is 5. The van der Waals surface area contributed by atoms with Gasteiger partial charge in [0.1, 0.15) is 11.4 Å². The van der Waals surface area contributed by atoms with E-state index in [0.717, 1.165) is 37.2 Å². The van der Waals surface area contributed by atoms with Gasteiger partial charge in [0, 0.05) is 19.5 Å². The Balaban J connectivity index is 1.89. The van der Waals surface area contributed by atoms with Crippen molar-refractivity contribution in [3.05, 3.63) is 18.2 Å². The molecule has 2 rings (SSSR count). The van der Waals surface area contributed by atoms with Gasteiger partial charge in [0.05, 0.1) is 38.1 Å². The van der Waals surface area contributed by atoms with Crippen molar-refractivity contribution in [2.24, 2.45) is 0 Å². The maximum atomic E-state index is 12.2. The number of phenolic OH excluding ortho intramolecular Hbond substituents is 1. The van der Waals surface area contributed by atoms with E-state index in [9.17, 15) is 13.5 Å². The van der Waals surface area contributed by atoms with Crippen molar-refractivity contribution in [2.75, 3.05) is 63.0 Å². The van der Waals surface area contributed by atoms with E-state index in [1.165, 1.54) is 6.07 Å². The van der Waals surface area contributed by atoms with Crippen LogP contribution in [0, 0.1) is 0 Å². The number of likely N-dealkylation sites (N-methyl/N-ethyl adjacent to an activating group) is 2. The topological polar surface area (TPSA) is 95.7 Å². The van der Waals surface area contributed by atoms with Crippen LogP contribution in [0.25, 0.3) is 0 Å². The number of benzene rings is 1. The lowest BCUT2D eigenvalue weighted by Crippen LogP contribution is -2.56. The zero-order valence-electron chi connectivity index (χ0n) is 13.8. The molecule has 0 bridgehead atoms. The highest BCUT2D eigenvalue weighted by Gasteiger charge is 2.27. The largest absolute Gasteiger partial charge is 0.506 e. The second kappa shape index (κ2) is 6.94. The average Bonchev–Trinajstić information content (AvgIpc) is 2.46. The number of aromatic hydroxyl groups is 1. The number of rotatable bonds is 6. The summed E-state index contributed by atoms with van der Waals surface area (Å²) in [5.74, 6) is -0.142. The molecule has 1 fully saturated rings. The van der Waals surface area contributed by atoms with Gasteiger partial charge in [-0.15, -0.1) is 0 Å². The quantitative estimate of drug-likeness (QED) is 0.397. The Bertz CT molecular complexity index is 620. The van der Waals surface area contributed by atoms with Gasteiger partial charge >= 0.3 is 0 Å². The molecular formula is C15H27N4O3S+. The minimum absolute atomic E-state index is 0.0183. The van der Waals surface area contributed by atoms with Gasteiger partial charge in [0.25, 0.3) is 0 Å². The van der Waals surface area contributed by atoms with E-state index in [4.69, 9.17) is 5.73 Å². The second-order valence-electron chi connectivity index (χ2n) is 6.61. The molecule has 130 valence electrons. The summed E-state index contributed by atoms with van der Waals surface area (Å²) in [6.07, 6.45) is 0.572. The van der Waals surface area contributed by atoms with Crippen molar-refractivity contribution in [3.8, 4) is 5.75 Å². The van der Waals surface area contributed by atoms with Crippen molar-refractivity contribution in [1.82, 2.24) is 4.90 Å². The van der Waals surface area contributed by atoms with Gasteiger partial charge in [0.2, 0.25) is 10.0 Å². The summed E-state index contributed by atoms with van der Waals surface area (Å²) in [6.45, 7) is 4.98. The van der Waals surface area contributed by atoms with Crippen LogP contribution >= 0.6 is 0 Å². The molecule has 1 saturated heterocycles. The maximum Gasteiger partial charge on any atom is 0.233 e. The maximum absolute atomic E-state index is 12.2. The predicted octanol–water partition coefficient (Wildman–Crippen LogP) is 0.498. The number of para-hydroxylation sites is 1. The summed E-state index contributed by atoms with van der Waals surface area (Å²) in [6, 6.07) is 4.53. The van der Waals surface area contributed by atoms with Crippen molar-refractivity contribution in [3.63, 3.8) is 0 Å². The molecule has 0 saturated carbocycles. The van der Waals surface area contributed by atoms with E-state index >= 15 is 0 Å². The number of piperazine rings is 1. The van der Waals surface area contributed by atoms with Crippen LogP contribution in [0.3, 0.4) is 0 Å². The van der Waals surface area contributed by atoms with Gasteiger partial charge in [-0.1, -0.05) is 6.07 Å². The van der Waals surface area contributed by atoms with E-state index in [0.29, 0.717) is 6.42 Å². The fraction of sp³-hybridized carbons (Fsp3) is 0.600. The standard InChI is InChI=1S/C15H26N4O3S/c1-18-7-10-19(2,11-8-18)9-4-12-23(21,22)17-15-13(16)5-3-6-14(15)20/h3,5-6,17H,4,7-12,16H2,1-2H3/p+1. The average molecular weight is 343 g/mol. The summed E-state index contributed by atoms with van der Waals surface area (Å²) in [4.78, 5) is 2.29. The zero-order valence-corrected chi connectivity index (χ0v) is 14.6. The Kier molecular flexibility index (Phi) is 5.38. The van der Waals surface area contributed by atoms with E-state index in [1.807, 2.05) is 0 Å². The molecule has 1 aromatic rings. The molecule has 0 atom stereocenters. The Hall–Kier alpha value is -1.51. The molecule has 0 amide bonds. The van der Waals surface area contributed by atoms with Crippen LogP contribution in [0.15, 0.2) is 18.2 Å². The highest BCUT2D eigenvalue weighted by molar-refractivity contribution is 7.92. The number of nitrogens with zero attached hydrogens (tertiary/aromatic N) is 2. The van der Waals surface area contributed by atoms with Crippen molar-refractivity contribution in [2.45, 2.75) is 6.42 Å². The summed E-state index contributed by atoms with van der Waals surface area (Å²) >= 11 is 0. The summed E-state index contributed by atoms with van der Waals surface area (Å²) < 4.78 is 27.7. The normalized spacial score (nSPS) is 18.7. The molecule has 1 aliphatic heterocycles. The molecule has 0 radical (unpaired) electrons. The van der Waals surface area contributed by atoms with E-state index in [-0.39, 0.29) is 22.9 Å². The first-order valence-corrected chi connectivity index (χ1v) is 9.46. The molecule has 7 nitrogen and oxygen atoms in total. The van der Waals surface area contributed by atoms with Crippen molar-refractivity contribution in [1.29, 1.82) is 0 Å². The molecule has 0 aromatic heterocycles. The zero-order chi connectivity index (χ0) is 17.1. The first kappa shape index (κ1) is 17.8. The van der Waals surface area contributed by atoms with Gasteiger partial charge in [-0.2, -0.15) is 0 Å². The summed E-state index contributed by atoms with van der Waals surface area (Å²) in [5, 5.41) is 9.74. The first-order chi connectivity index (χ1) is 10.7. The van der Waals surface area contributed by atoms with Gasteiger partial charge in [-0.25, -0.2) is 8.42 Å². The Morgan fingerprint density at radius 3 is 2.61 bits per heavy atom. The number of hydrogen-bond donors (Lipinski definition) is 3. The number of nitrogen functional groups attached to an aromatic ring is 1. The van der Waals surface area contributed by atoms with E-state index in [1.54, 1.807) is 12.1 Å². The fourth-order valence-electron chi connectivity index (χ4n) is 2.78. The fourth-order valence-corrected chi connectivity index (χ4v) is 3.93. The molecule has 1 aliphatic rings. The van der Waals surface area contributed by atoms with Crippen LogP contribution in [0.4, 0.5) is 11.4 Å². The molecular weight excluding hydrogens is 316 g/mol. The Morgan fingerprint density at radius 2 is 2.00 bits per heavy atom. The van der Waals surface area contributed by atoms with Crippen molar-refractivity contribution >= 4 is 21.4 Å². The lowest BCUT2D eigenvalue weighted by Gasteiger charge is -2.41. The smallest absolute Gasteiger partial charge is 0.233 e. The first-order valence-electron chi connectivity index (χ1n) is 7.81. The third-order valence-corrected chi connectivity index (χ3v) is 5.83. The number of anilines is 2. The third kappa shape index (κ3) is 4.98. The van der Waals surface area contributed by atoms with Crippen LogP contribution in [0.1, 0.15) is 6.42 Å². The van der Waals surface area contributed by atoms with Crippen LogP contribution in [-0.2, 0) is 10.0 Å². The van der Waals surface area contributed by atoms with Crippen LogP contribution in [0.2, 0.25) is 0 Å². The Morgan fingerprint density at radius 1 is 1.35 bits per heavy atom. The minimum Gasteiger partial charge on any atom is -0.506 e. The molecule has 1 heterocycles. The third-order valence-electron chi connectivity index (χ3n) is 4.49. The van der Waals surface area contributed by atoms with Crippen LogP contribution < -0.4 is 10.5 Å². The minimum atomic E-state index is -3.53. The molecule has 0 unspecified atom stereocenters. The molecule has 1 aromatic carbocycles. The lowest BCUT2D eigenvalue weighted by atomic mass is 10.2. The lowest BCUT2D eigenvalue weighted by molar-refractivity contribution is -0.913. The molecule has 8 heteroatoms. The monoisotopic (exact) mass is 343 g/mol. The number of phenols is 1. The van der Waals surface area contributed by atoms with E-state index in [2.05, 4.69) is 23.7 Å². The van der Waals surface area contributed by atoms with Crippen molar-refractivity contribution < 1.29 is 18.0 Å². The molecule has 0 spiro atoms. The summed E-state index contributed by atoms with van der Waals surface area (Å²) in [5.41, 5.74) is 5.99.